The number of tetrazole rings is 1. The summed E-state index contributed by atoms with van der Waals surface area (Å²) in [6.45, 7) is 1.96. The molecule has 2 aromatic heterocycles. The van der Waals surface area contributed by atoms with Gasteiger partial charge in [-0.15, -0.1) is 10.2 Å². The second kappa shape index (κ2) is 12.3. The normalized spacial score (nSPS) is 11.8. The lowest BCUT2D eigenvalue weighted by atomic mass is 9.98. The van der Waals surface area contributed by atoms with Crippen molar-refractivity contribution < 1.29 is 14.7 Å². The van der Waals surface area contributed by atoms with E-state index in [4.69, 9.17) is 0 Å². The number of nitrogens with one attached hydrogen (secondary N) is 1. The summed E-state index contributed by atoms with van der Waals surface area (Å²) < 4.78 is 2.67. The van der Waals surface area contributed by atoms with Crippen LogP contribution in [0.2, 0.25) is 0 Å². The van der Waals surface area contributed by atoms with Gasteiger partial charge in [-0.3, -0.25) is 14.2 Å². The third-order valence-electron chi connectivity index (χ3n) is 6.90. The number of H-pyrrole nitrogens is 1. The molecule has 2 heterocycles. The number of carboxylic acid groups (broad SMARTS) is 1. The zero-order valence-electron chi connectivity index (χ0n) is 22.5. The number of Topliss-reactive ketones (excluding diaryl/α,β-unsaturated/α-hetero) is 1. The lowest BCUT2D eigenvalue weighted by Gasteiger charge is -2.11. The van der Waals surface area contributed by atoms with E-state index in [-0.39, 0.29) is 18.7 Å². The van der Waals surface area contributed by atoms with Crippen molar-refractivity contribution in [2.75, 3.05) is 0 Å². The molecule has 3 aromatic carbocycles. The van der Waals surface area contributed by atoms with Crippen LogP contribution in [0.25, 0.3) is 22.5 Å². The van der Waals surface area contributed by atoms with E-state index in [0.29, 0.717) is 18.1 Å². The Balaban J connectivity index is 1.42. The predicted octanol–water partition coefficient (Wildman–Crippen LogP) is 3.87. The predicted molar refractivity (Wildman–Crippen MR) is 151 cm³/mol. The average molecular weight is 552 g/mol. The molecule has 11 nitrogen and oxygen atoms in total. The molecule has 0 saturated heterocycles. The number of carbonyl (C=O) groups excluding carboxylic acids is 1. The van der Waals surface area contributed by atoms with Gasteiger partial charge >= 0.3 is 11.7 Å². The second-order valence-electron chi connectivity index (χ2n) is 9.67. The van der Waals surface area contributed by atoms with E-state index in [9.17, 15) is 19.5 Å². The van der Waals surface area contributed by atoms with Crippen molar-refractivity contribution in [3.8, 4) is 22.5 Å². The van der Waals surface area contributed by atoms with Crippen LogP contribution in [0.1, 0.15) is 41.5 Å². The third kappa shape index (κ3) is 6.03. The van der Waals surface area contributed by atoms with Gasteiger partial charge in [-0.25, -0.2) is 9.48 Å². The lowest BCUT2D eigenvalue weighted by molar-refractivity contribution is -0.140. The lowest BCUT2D eigenvalue weighted by Crippen LogP contribution is -2.34. The third-order valence-corrected chi connectivity index (χ3v) is 6.90. The molecule has 0 amide bonds. The van der Waals surface area contributed by atoms with Crippen LogP contribution in [-0.2, 0) is 24.3 Å². The molecule has 0 spiro atoms. The van der Waals surface area contributed by atoms with E-state index >= 15 is 0 Å². The first-order chi connectivity index (χ1) is 20.0. The zero-order chi connectivity index (χ0) is 28.8. The maximum Gasteiger partial charge on any atom is 0.346 e. The molecule has 1 unspecified atom stereocenters. The van der Waals surface area contributed by atoms with Gasteiger partial charge in [-0.05, 0) is 28.3 Å². The first kappa shape index (κ1) is 27.4. The topological polar surface area (TPSA) is 149 Å². The average Bonchev–Trinajstić information content (AvgIpc) is 3.64. The minimum Gasteiger partial charge on any atom is -0.481 e. The zero-order valence-corrected chi connectivity index (χ0v) is 22.5. The Kier molecular flexibility index (Phi) is 8.23. The maximum atomic E-state index is 13.5. The van der Waals surface area contributed by atoms with Crippen LogP contribution in [0.4, 0.5) is 0 Å². The number of hydrogen-bond acceptors (Lipinski definition) is 7. The van der Waals surface area contributed by atoms with Crippen LogP contribution in [0.3, 0.4) is 0 Å². The molecule has 5 aromatic rings. The number of carbonyl (C=O) groups is 2. The summed E-state index contributed by atoms with van der Waals surface area (Å²) in [6.07, 6.45) is 2.27. The molecule has 0 saturated carbocycles. The molecule has 0 aliphatic heterocycles. The maximum absolute atomic E-state index is 13.5. The van der Waals surface area contributed by atoms with Crippen LogP contribution in [0.15, 0.2) is 83.7 Å². The first-order valence-electron chi connectivity index (χ1n) is 13.4. The van der Waals surface area contributed by atoms with Gasteiger partial charge < -0.3 is 5.11 Å². The summed E-state index contributed by atoms with van der Waals surface area (Å²) in [7, 11) is 0. The highest BCUT2D eigenvalue weighted by molar-refractivity contribution is 6.08. The highest BCUT2D eigenvalue weighted by Gasteiger charge is 2.30. The van der Waals surface area contributed by atoms with Crippen LogP contribution >= 0.6 is 0 Å². The van der Waals surface area contributed by atoms with Gasteiger partial charge in [0.15, 0.2) is 5.78 Å². The van der Waals surface area contributed by atoms with Gasteiger partial charge in [0.25, 0.3) is 0 Å². The standard InChI is InChI=1S/C30H29N7O4/c1-2-3-13-26-33-37(19-25(29(39)40)27(38)22-9-5-4-6-10-22)30(41)36(26)18-20-14-16-21(17-15-20)23-11-7-8-12-24(23)28-31-34-35-32-28/h4-12,14-17,25H,2-3,13,18-19H2,1H3,(H,39,40)(H,31,32,34,35). The van der Waals surface area contributed by atoms with E-state index in [0.717, 1.165) is 39.8 Å². The molecule has 1 atom stereocenters. The Bertz CT molecular complexity index is 1690. The number of rotatable bonds is 12. The smallest absolute Gasteiger partial charge is 0.346 e. The van der Waals surface area contributed by atoms with Crippen LogP contribution in [0.5, 0.6) is 0 Å². The van der Waals surface area contributed by atoms with Crippen molar-refractivity contribution in [2.24, 2.45) is 5.92 Å². The molecule has 0 aliphatic carbocycles. The van der Waals surface area contributed by atoms with E-state index in [1.807, 2.05) is 55.5 Å². The molecule has 41 heavy (non-hydrogen) atoms. The van der Waals surface area contributed by atoms with Gasteiger partial charge in [0.1, 0.15) is 11.7 Å². The van der Waals surface area contributed by atoms with Gasteiger partial charge in [0, 0.05) is 17.5 Å². The summed E-state index contributed by atoms with van der Waals surface area (Å²) in [4.78, 5) is 38.5. The first-order valence-corrected chi connectivity index (χ1v) is 13.4. The highest BCUT2D eigenvalue weighted by atomic mass is 16.4. The molecular formula is C30H29N7O4. The van der Waals surface area contributed by atoms with Crippen molar-refractivity contribution in [1.82, 2.24) is 35.0 Å². The molecule has 0 fully saturated rings. The summed E-state index contributed by atoms with van der Waals surface area (Å²) in [5, 5.41) is 28.6. The molecule has 2 N–H and O–H groups in total. The number of aromatic amines is 1. The SMILES string of the molecule is CCCCc1nn(CC(C(=O)O)C(=O)c2ccccc2)c(=O)n1Cc1ccc(-c2ccccc2-c2nn[nH]n2)cc1. The fourth-order valence-electron chi connectivity index (χ4n) is 4.71. The van der Waals surface area contributed by atoms with Gasteiger partial charge in [0.05, 0.1) is 13.1 Å². The number of aryl methyl sites for hydroxylation is 1. The molecule has 11 heteroatoms. The Morgan fingerprint density at radius 3 is 2.32 bits per heavy atom. The molecular weight excluding hydrogens is 522 g/mol. The number of unbranched alkanes of at least 4 members (excludes halogenated alkanes) is 1. The minimum absolute atomic E-state index is 0.259. The molecule has 0 aliphatic rings. The van der Waals surface area contributed by atoms with Crippen LogP contribution < -0.4 is 5.69 Å². The molecule has 5 rings (SSSR count). The number of aromatic nitrogens is 7. The van der Waals surface area contributed by atoms with Crippen LogP contribution in [0, 0.1) is 5.92 Å². The Morgan fingerprint density at radius 2 is 1.66 bits per heavy atom. The van der Waals surface area contributed by atoms with E-state index in [1.165, 1.54) is 0 Å². The van der Waals surface area contributed by atoms with E-state index < -0.39 is 23.4 Å². The fraction of sp³-hybridized carbons (Fsp3) is 0.233. The van der Waals surface area contributed by atoms with Crippen molar-refractivity contribution in [2.45, 2.75) is 39.3 Å². The molecule has 0 radical (unpaired) electrons. The number of carboxylic acids is 1. The number of aliphatic carboxylic acids is 1. The van der Waals surface area contributed by atoms with Gasteiger partial charge in [0.2, 0.25) is 5.82 Å². The van der Waals surface area contributed by atoms with Crippen molar-refractivity contribution in [1.29, 1.82) is 0 Å². The summed E-state index contributed by atoms with van der Waals surface area (Å²) in [5.41, 5.74) is 3.44. The monoisotopic (exact) mass is 551 g/mol. The van der Waals surface area contributed by atoms with Crippen LogP contribution in [-0.4, -0.2) is 51.8 Å². The van der Waals surface area contributed by atoms with E-state index in [2.05, 4.69) is 25.7 Å². The van der Waals surface area contributed by atoms with Gasteiger partial charge in [-0.2, -0.15) is 10.3 Å². The summed E-state index contributed by atoms with van der Waals surface area (Å²) in [5.74, 6) is -2.25. The van der Waals surface area contributed by atoms with Crippen molar-refractivity contribution in [3.05, 3.63) is 106 Å². The number of benzene rings is 3. The minimum atomic E-state index is -1.43. The quantitative estimate of drug-likeness (QED) is 0.175. The number of nitrogens with zero attached hydrogens (tertiary/aromatic N) is 6. The van der Waals surface area contributed by atoms with Gasteiger partial charge in [-0.1, -0.05) is 92.2 Å². The Morgan fingerprint density at radius 1 is 0.951 bits per heavy atom. The fourth-order valence-corrected chi connectivity index (χ4v) is 4.71. The summed E-state index contributed by atoms with van der Waals surface area (Å²) in [6, 6.07) is 23.8. The Labute approximate surface area is 235 Å². The Hall–Kier alpha value is -5.19. The largest absolute Gasteiger partial charge is 0.481 e. The van der Waals surface area contributed by atoms with Crippen molar-refractivity contribution in [3.63, 3.8) is 0 Å². The molecule has 208 valence electrons. The molecule has 0 bridgehead atoms. The number of hydrogen-bond donors (Lipinski definition) is 2. The van der Waals surface area contributed by atoms with E-state index in [1.54, 1.807) is 34.9 Å². The highest BCUT2D eigenvalue weighted by Crippen LogP contribution is 2.29. The number of ketones is 1. The van der Waals surface area contributed by atoms with Crippen molar-refractivity contribution >= 4 is 11.8 Å². The summed E-state index contributed by atoms with van der Waals surface area (Å²) >= 11 is 0. The second-order valence-corrected chi connectivity index (χ2v) is 9.67.